The highest BCUT2D eigenvalue weighted by atomic mass is 79.9. The van der Waals surface area contributed by atoms with Gasteiger partial charge in [-0.3, -0.25) is 11.3 Å². The van der Waals surface area contributed by atoms with Crippen molar-refractivity contribution in [3.8, 4) is 0 Å². The Bertz CT molecular complexity index is 771. The number of hydrazine groups is 1. The topological polar surface area (TPSA) is 55.3 Å². The van der Waals surface area contributed by atoms with Crippen molar-refractivity contribution in [1.29, 1.82) is 0 Å². The second-order valence-electron chi connectivity index (χ2n) is 4.77. The lowest BCUT2D eigenvalue weighted by Crippen LogP contribution is -2.29. The fourth-order valence-corrected chi connectivity index (χ4v) is 2.83. The monoisotopic (exact) mass is 348 g/mol. The van der Waals surface area contributed by atoms with Crippen molar-refractivity contribution in [1.82, 2.24) is 15.0 Å². The molecule has 0 aliphatic heterocycles. The van der Waals surface area contributed by atoms with E-state index < -0.39 is 0 Å². The number of halogens is 2. The van der Waals surface area contributed by atoms with Crippen LogP contribution in [0.3, 0.4) is 0 Å². The van der Waals surface area contributed by atoms with Crippen LogP contribution in [0.15, 0.2) is 53.3 Å². The van der Waals surface area contributed by atoms with E-state index in [-0.39, 0.29) is 11.9 Å². The highest BCUT2D eigenvalue weighted by molar-refractivity contribution is 9.10. The Morgan fingerprint density at radius 3 is 2.95 bits per heavy atom. The lowest BCUT2D eigenvalue weighted by Gasteiger charge is -2.16. The molecule has 0 aliphatic rings. The highest BCUT2D eigenvalue weighted by Crippen LogP contribution is 2.27. The molecule has 0 fully saturated rings. The Morgan fingerprint density at radius 1 is 1.29 bits per heavy atom. The molecule has 1 atom stereocenters. The van der Waals surface area contributed by atoms with Crippen molar-refractivity contribution >= 4 is 21.4 Å². The van der Waals surface area contributed by atoms with E-state index >= 15 is 0 Å². The first-order chi connectivity index (χ1) is 10.2. The molecule has 2 aromatic heterocycles. The maximum Gasteiger partial charge on any atom is 0.137 e. The summed E-state index contributed by atoms with van der Waals surface area (Å²) in [5.74, 6) is 5.42. The van der Waals surface area contributed by atoms with Crippen LogP contribution in [0.1, 0.15) is 17.2 Å². The van der Waals surface area contributed by atoms with Gasteiger partial charge in [0, 0.05) is 11.8 Å². The van der Waals surface area contributed by atoms with E-state index in [2.05, 4.69) is 26.5 Å². The Labute approximate surface area is 129 Å². The summed E-state index contributed by atoms with van der Waals surface area (Å²) in [6.07, 6.45) is 4.22. The van der Waals surface area contributed by atoms with Crippen LogP contribution in [-0.4, -0.2) is 9.61 Å². The molecule has 108 valence electrons. The molecule has 2 heterocycles. The zero-order valence-corrected chi connectivity index (χ0v) is 12.7. The van der Waals surface area contributed by atoms with Gasteiger partial charge < -0.3 is 0 Å². The summed E-state index contributed by atoms with van der Waals surface area (Å²) in [4.78, 5) is 0. The highest BCUT2D eigenvalue weighted by Gasteiger charge is 2.17. The average molecular weight is 349 g/mol. The zero-order chi connectivity index (χ0) is 14.8. The van der Waals surface area contributed by atoms with Crippen LogP contribution in [0.25, 0.3) is 5.52 Å². The van der Waals surface area contributed by atoms with E-state index in [9.17, 15) is 4.39 Å². The summed E-state index contributed by atoms with van der Waals surface area (Å²) < 4.78 is 15.9. The fourth-order valence-electron chi connectivity index (χ4n) is 2.41. The third-order valence-corrected chi connectivity index (χ3v) is 4.38. The number of pyridine rings is 1. The lowest BCUT2D eigenvalue weighted by molar-refractivity contribution is 0.549. The van der Waals surface area contributed by atoms with Crippen LogP contribution < -0.4 is 11.3 Å². The molecule has 3 aromatic rings. The van der Waals surface area contributed by atoms with Crippen LogP contribution >= 0.6 is 15.9 Å². The summed E-state index contributed by atoms with van der Waals surface area (Å²) in [6.45, 7) is 0. The molecule has 0 saturated heterocycles. The lowest BCUT2D eigenvalue weighted by atomic mass is 10.0. The standard InChI is InChI=1S/C15H14BrFN4/c16-15-10(4-3-5-12(15)17)8-13(20-18)11-9-19-21-7-2-1-6-14(11)21/h1-7,9,13,20H,8,18H2. The van der Waals surface area contributed by atoms with Gasteiger partial charge in [0.25, 0.3) is 0 Å². The molecule has 3 N–H and O–H groups in total. The molecule has 0 bridgehead atoms. The Morgan fingerprint density at radius 2 is 2.14 bits per heavy atom. The van der Waals surface area contributed by atoms with Gasteiger partial charge in [0.05, 0.1) is 22.2 Å². The maximum absolute atomic E-state index is 13.6. The molecule has 0 saturated carbocycles. The minimum atomic E-state index is -0.275. The van der Waals surface area contributed by atoms with Crippen LogP contribution in [0.4, 0.5) is 4.39 Å². The zero-order valence-electron chi connectivity index (χ0n) is 11.1. The molecule has 0 spiro atoms. The first-order valence-corrected chi connectivity index (χ1v) is 7.31. The number of nitrogens with two attached hydrogens (primary N) is 1. The molecular formula is C15H14BrFN4. The molecule has 0 radical (unpaired) electrons. The summed E-state index contributed by atoms with van der Waals surface area (Å²) in [7, 11) is 0. The number of nitrogens with zero attached hydrogens (tertiary/aromatic N) is 2. The second kappa shape index (κ2) is 5.93. The first kappa shape index (κ1) is 14.2. The molecule has 1 aromatic carbocycles. The molecule has 21 heavy (non-hydrogen) atoms. The molecule has 4 nitrogen and oxygen atoms in total. The number of hydrogen-bond donors (Lipinski definition) is 2. The van der Waals surface area contributed by atoms with E-state index in [1.54, 1.807) is 16.8 Å². The smallest absolute Gasteiger partial charge is 0.137 e. The van der Waals surface area contributed by atoms with Crippen LogP contribution in [0.2, 0.25) is 0 Å². The van der Waals surface area contributed by atoms with Gasteiger partial charge in [0.2, 0.25) is 0 Å². The summed E-state index contributed by atoms with van der Waals surface area (Å²) in [5.41, 5.74) is 5.61. The Kier molecular flexibility index (Phi) is 4.01. The van der Waals surface area contributed by atoms with Gasteiger partial charge >= 0.3 is 0 Å². The Hall–Kier alpha value is -1.76. The number of rotatable bonds is 4. The average Bonchev–Trinajstić information content (AvgIpc) is 2.93. The van der Waals surface area contributed by atoms with Crippen molar-refractivity contribution in [2.24, 2.45) is 5.84 Å². The van der Waals surface area contributed by atoms with Crippen molar-refractivity contribution in [2.45, 2.75) is 12.5 Å². The molecule has 3 rings (SSSR count). The third kappa shape index (κ3) is 2.70. The third-order valence-electron chi connectivity index (χ3n) is 3.49. The predicted octanol–water partition coefficient (Wildman–Crippen LogP) is 2.98. The van der Waals surface area contributed by atoms with Gasteiger partial charge in [-0.15, -0.1) is 0 Å². The van der Waals surface area contributed by atoms with Crippen molar-refractivity contribution in [3.63, 3.8) is 0 Å². The SMILES string of the molecule is NNC(Cc1cccc(F)c1Br)c1cnn2ccccc12. The summed E-state index contributed by atoms with van der Waals surface area (Å²) >= 11 is 3.29. The van der Waals surface area contributed by atoms with E-state index in [0.29, 0.717) is 10.9 Å². The van der Waals surface area contributed by atoms with Crippen molar-refractivity contribution < 1.29 is 4.39 Å². The van der Waals surface area contributed by atoms with E-state index in [1.165, 1.54) is 6.07 Å². The number of aromatic nitrogens is 2. The van der Waals surface area contributed by atoms with Gasteiger partial charge in [0.15, 0.2) is 0 Å². The van der Waals surface area contributed by atoms with Crippen LogP contribution in [0, 0.1) is 5.82 Å². The van der Waals surface area contributed by atoms with E-state index in [1.807, 2.05) is 30.5 Å². The molecule has 0 amide bonds. The summed E-state index contributed by atoms with van der Waals surface area (Å²) in [6, 6.07) is 10.7. The van der Waals surface area contributed by atoms with Gasteiger partial charge in [-0.1, -0.05) is 18.2 Å². The molecular weight excluding hydrogens is 335 g/mol. The number of nitrogens with one attached hydrogen (secondary N) is 1. The van der Waals surface area contributed by atoms with Crippen LogP contribution in [-0.2, 0) is 6.42 Å². The van der Waals surface area contributed by atoms with Gasteiger partial charge in [-0.2, -0.15) is 5.10 Å². The van der Waals surface area contributed by atoms with E-state index in [0.717, 1.165) is 16.6 Å². The minimum Gasteiger partial charge on any atom is -0.271 e. The number of hydrogen-bond acceptors (Lipinski definition) is 3. The fraction of sp³-hybridized carbons (Fsp3) is 0.133. The summed E-state index contributed by atoms with van der Waals surface area (Å²) in [5, 5.41) is 4.30. The van der Waals surface area contributed by atoms with Gasteiger partial charge in [0.1, 0.15) is 5.82 Å². The largest absolute Gasteiger partial charge is 0.271 e. The number of benzene rings is 1. The van der Waals surface area contributed by atoms with Crippen molar-refractivity contribution in [3.05, 3.63) is 70.2 Å². The second-order valence-corrected chi connectivity index (χ2v) is 5.56. The Balaban J connectivity index is 1.97. The quantitative estimate of drug-likeness (QED) is 0.562. The van der Waals surface area contributed by atoms with Gasteiger partial charge in [-0.05, 0) is 46.1 Å². The van der Waals surface area contributed by atoms with Gasteiger partial charge in [-0.25, -0.2) is 8.91 Å². The number of fused-ring (bicyclic) bond motifs is 1. The molecule has 6 heteroatoms. The molecule has 1 unspecified atom stereocenters. The van der Waals surface area contributed by atoms with E-state index in [4.69, 9.17) is 5.84 Å². The van der Waals surface area contributed by atoms with Crippen LogP contribution in [0.5, 0.6) is 0 Å². The van der Waals surface area contributed by atoms with Crippen molar-refractivity contribution in [2.75, 3.05) is 0 Å². The predicted molar refractivity (Wildman–Crippen MR) is 83.1 cm³/mol. The maximum atomic E-state index is 13.6. The normalized spacial score (nSPS) is 12.7. The minimum absolute atomic E-state index is 0.150. The first-order valence-electron chi connectivity index (χ1n) is 6.52. The molecule has 0 aliphatic carbocycles.